The zero-order chi connectivity index (χ0) is 27.6. The van der Waals surface area contributed by atoms with Gasteiger partial charge in [-0.15, -0.1) is 0 Å². The van der Waals surface area contributed by atoms with E-state index in [0.29, 0.717) is 33.8 Å². The molecule has 3 aromatic carbocycles. The molecular formula is C30H30FN5O4. The van der Waals surface area contributed by atoms with Crippen molar-refractivity contribution < 1.29 is 23.5 Å². The number of nitrogens with zero attached hydrogens (tertiary/aromatic N) is 4. The Kier molecular flexibility index (Phi) is 7.06. The fraction of sp³-hybridized carbons (Fsp3) is 0.333. The maximum atomic E-state index is 14.4. The normalized spacial score (nSPS) is 16.4. The van der Waals surface area contributed by atoms with Crippen LogP contribution in [0.3, 0.4) is 0 Å². The van der Waals surface area contributed by atoms with Gasteiger partial charge < -0.3 is 14.8 Å². The van der Waals surface area contributed by atoms with Gasteiger partial charge in [-0.05, 0) is 61.7 Å². The Labute approximate surface area is 230 Å². The lowest BCUT2D eigenvalue weighted by atomic mass is 9.94. The van der Waals surface area contributed by atoms with Crippen molar-refractivity contribution in [3.05, 3.63) is 78.1 Å². The first-order valence-electron chi connectivity index (χ1n) is 13.6. The van der Waals surface area contributed by atoms with Crippen molar-refractivity contribution >= 4 is 28.5 Å². The second-order valence-corrected chi connectivity index (χ2v) is 10.2. The van der Waals surface area contributed by atoms with Crippen LogP contribution in [0.1, 0.15) is 56.7 Å². The molecule has 1 aliphatic carbocycles. The predicted molar refractivity (Wildman–Crippen MR) is 146 cm³/mol. The Balaban J connectivity index is 1.44. The third kappa shape index (κ3) is 5.09. The highest BCUT2D eigenvalue weighted by Crippen LogP contribution is 2.39. The number of nitrogens with one attached hydrogen (secondary N) is 1. The van der Waals surface area contributed by atoms with Crippen molar-refractivity contribution in [2.24, 2.45) is 0 Å². The summed E-state index contributed by atoms with van der Waals surface area (Å²) in [6.07, 6.45) is 4.96. The van der Waals surface area contributed by atoms with Crippen LogP contribution in [-0.4, -0.2) is 39.6 Å². The van der Waals surface area contributed by atoms with Crippen molar-refractivity contribution in [2.75, 3.05) is 11.7 Å². The molecule has 0 unspecified atom stereocenters. The smallest absolute Gasteiger partial charge is 0.254 e. The number of fused-ring (bicyclic) bond motifs is 2. The van der Waals surface area contributed by atoms with Crippen LogP contribution in [0, 0.1) is 5.82 Å². The molecule has 0 spiro atoms. The van der Waals surface area contributed by atoms with Crippen LogP contribution in [-0.2, 0) is 9.59 Å². The van der Waals surface area contributed by atoms with Gasteiger partial charge in [0.1, 0.15) is 28.9 Å². The number of ether oxygens (including phenoxy) is 2. The summed E-state index contributed by atoms with van der Waals surface area (Å²) in [4.78, 5) is 31.3. The Morgan fingerprint density at radius 2 is 1.62 bits per heavy atom. The van der Waals surface area contributed by atoms with Crippen molar-refractivity contribution in [2.45, 2.75) is 57.2 Å². The predicted octanol–water partition coefficient (Wildman–Crippen LogP) is 5.08. The number of anilines is 1. The number of hydrogen-bond donors (Lipinski definition) is 1. The fourth-order valence-corrected chi connectivity index (χ4v) is 5.38. The molecule has 1 saturated carbocycles. The van der Waals surface area contributed by atoms with E-state index < -0.39 is 23.8 Å². The quantitative estimate of drug-likeness (QED) is 0.349. The van der Waals surface area contributed by atoms with Crippen molar-refractivity contribution in [3.63, 3.8) is 0 Å². The Bertz CT molecular complexity index is 1500. The van der Waals surface area contributed by atoms with E-state index in [2.05, 4.69) is 15.5 Å². The number of carbonyl (C=O) groups excluding carboxylic acids is 2. The Morgan fingerprint density at radius 3 is 2.33 bits per heavy atom. The van der Waals surface area contributed by atoms with Crippen LogP contribution in [0.15, 0.2) is 66.7 Å². The molecular weight excluding hydrogens is 513 g/mol. The van der Waals surface area contributed by atoms with Crippen LogP contribution in [0.2, 0.25) is 0 Å². The van der Waals surface area contributed by atoms with E-state index in [0.717, 1.165) is 32.1 Å². The summed E-state index contributed by atoms with van der Waals surface area (Å²) in [7, 11) is 0. The van der Waals surface area contributed by atoms with E-state index in [1.807, 2.05) is 24.3 Å². The van der Waals surface area contributed by atoms with E-state index in [-0.39, 0.29) is 18.7 Å². The molecule has 0 saturated heterocycles. The van der Waals surface area contributed by atoms with Gasteiger partial charge in [-0.3, -0.25) is 14.5 Å². The summed E-state index contributed by atoms with van der Waals surface area (Å²) in [6, 6.07) is 16.2. The van der Waals surface area contributed by atoms with Gasteiger partial charge in [-0.1, -0.05) is 43.5 Å². The maximum Gasteiger partial charge on any atom is 0.254 e. The third-order valence-corrected chi connectivity index (χ3v) is 7.52. The first kappa shape index (κ1) is 25.8. The van der Waals surface area contributed by atoms with Crippen LogP contribution in [0.4, 0.5) is 10.1 Å². The molecule has 1 fully saturated rings. The molecule has 2 atom stereocenters. The van der Waals surface area contributed by atoms with Gasteiger partial charge in [-0.25, -0.2) is 4.39 Å². The molecule has 2 heterocycles. The Morgan fingerprint density at radius 1 is 0.950 bits per heavy atom. The van der Waals surface area contributed by atoms with Crippen LogP contribution in [0.25, 0.3) is 11.0 Å². The summed E-state index contributed by atoms with van der Waals surface area (Å²) >= 11 is 0. The van der Waals surface area contributed by atoms with Crippen molar-refractivity contribution in [1.29, 1.82) is 0 Å². The van der Waals surface area contributed by atoms with E-state index in [1.54, 1.807) is 37.3 Å². The first-order valence-corrected chi connectivity index (χ1v) is 13.6. The van der Waals surface area contributed by atoms with Gasteiger partial charge in [0, 0.05) is 17.8 Å². The van der Waals surface area contributed by atoms with E-state index in [4.69, 9.17) is 9.47 Å². The lowest BCUT2D eigenvalue weighted by molar-refractivity contribution is -0.128. The summed E-state index contributed by atoms with van der Waals surface area (Å²) in [5.41, 5.74) is 2.22. The minimum Gasteiger partial charge on any atom is -0.454 e. The number of benzene rings is 3. The van der Waals surface area contributed by atoms with Crippen LogP contribution < -0.4 is 19.7 Å². The molecule has 206 valence electrons. The highest BCUT2D eigenvalue weighted by Gasteiger charge is 2.38. The number of carbonyl (C=O) groups is 2. The fourth-order valence-electron chi connectivity index (χ4n) is 5.38. The van der Waals surface area contributed by atoms with Crippen LogP contribution in [0.5, 0.6) is 11.5 Å². The third-order valence-electron chi connectivity index (χ3n) is 7.52. The van der Waals surface area contributed by atoms with E-state index >= 15 is 0 Å². The largest absolute Gasteiger partial charge is 0.454 e. The van der Waals surface area contributed by atoms with Gasteiger partial charge in [0.2, 0.25) is 12.7 Å². The van der Waals surface area contributed by atoms with Gasteiger partial charge >= 0.3 is 0 Å². The highest BCUT2D eigenvalue weighted by molar-refractivity contribution is 6.03. The first-order chi connectivity index (χ1) is 19.5. The molecule has 2 aliphatic rings. The lowest BCUT2D eigenvalue weighted by Gasteiger charge is -2.34. The summed E-state index contributed by atoms with van der Waals surface area (Å²) in [5, 5.41) is 12.2. The standard InChI is InChI=1S/C30H30FN5O4/c1-19(36-33-24-9-5-6-10-25(24)34-36)30(38)35(23-15-16-26-27(17-23)40-18-39-26)28(20-11-13-21(31)14-12-20)29(37)32-22-7-3-2-4-8-22/h5-6,9-17,19,22,28H,2-4,7-8,18H2,1H3,(H,32,37)/t19-,28-/m0/s1. The van der Waals surface area contributed by atoms with Crippen molar-refractivity contribution in [3.8, 4) is 11.5 Å². The zero-order valence-electron chi connectivity index (χ0n) is 22.1. The maximum absolute atomic E-state index is 14.4. The van der Waals surface area contributed by atoms with Gasteiger partial charge in [0.15, 0.2) is 11.5 Å². The second-order valence-electron chi connectivity index (χ2n) is 10.2. The summed E-state index contributed by atoms with van der Waals surface area (Å²) in [6.45, 7) is 1.76. The number of halogens is 1. The molecule has 2 amide bonds. The molecule has 0 radical (unpaired) electrons. The van der Waals surface area contributed by atoms with Crippen LogP contribution >= 0.6 is 0 Å². The average Bonchev–Trinajstić information content (AvgIpc) is 3.63. The second kappa shape index (κ2) is 11.0. The number of hydrogen-bond acceptors (Lipinski definition) is 6. The van der Waals surface area contributed by atoms with Gasteiger partial charge in [-0.2, -0.15) is 15.0 Å². The van der Waals surface area contributed by atoms with Gasteiger partial charge in [0.05, 0.1) is 0 Å². The number of amides is 2. The minimum atomic E-state index is -1.08. The minimum absolute atomic E-state index is 0.00779. The summed E-state index contributed by atoms with van der Waals surface area (Å²) < 4.78 is 25.1. The molecule has 1 aromatic heterocycles. The summed E-state index contributed by atoms with van der Waals surface area (Å²) in [5.74, 6) is -0.162. The molecule has 10 heteroatoms. The monoisotopic (exact) mass is 543 g/mol. The zero-order valence-corrected chi connectivity index (χ0v) is 22.1. The molecule has 1 aliphatic heterocycles. The van der Waals surface area contributed by atoms with Crippen molar-refractivity contribution in [1.82, 2.24) is 20.3 Å². The lowest BCUT2D eigenvalue weighted by Crippen LogP contribution is -2.49. The Hall–Kier alpha value is -4.47. The molecule has 40 heavy (non-hydrogen) atoms. The number of rotatable bonds is 7. The average molecular weight is 544 g/mol. The van der Waals surface area contributed by atoms with E-state index in [9.17, 15) is 14.0 Å². The van der Waals surface area contributed by atoms with E-state index in [1.165, 1.54) is 21.8 Å². The molecule has 4 aromatic rings. The molecule has 6 rings (SSSR count). The highest BCUT2D eigenvalue weighted by atomic mass is 19.1. The number of aromatic nitrogens is 3. The molecule has 0 bridgehead atoms. The SMILES string of the molecule is C[C@@H](C(=O)N(c1ccc2c(c1)OCO2)[C@H](C(=O)NC1CCCCC1)c1ccc(F)cc1)n1nc2ccccc2n1. The topological polar surface area (TPSA) is 98.6 Å². The molecule has 9 nitrogen and oxygen atoms in total. The van der Waals surface area contributed by atoms with Gasteiger partial charge in [0.25, 0.3) is 5.91 Å². The molecule has 1 N–H and O–H groups in total.